The molecule has 0 aromatic heterocycles. The summed E-state index contributed by atoms with van der Waals surface area (Å²) in [5, 5.41) is 5.28. The second kappa shape index (κ2) is 8.63. The normalized spacial score (nSPS) is 15.2. The van der Waals surface area contributed by atoms with Crippen molar-refractivity contribution < 1.29 is 26.7 Å². The molecule has 1 aliphatic rings. The Labute approximate surface area is 161 Å². The third-order valence-corrected chi connectivity index (χ3v) is 6.03. The first kappa shape index (κ1) is 20.2. The molecule has 7 nitrogen and oxygen atoms in total. The van der Waals surface area contributed by atoms with Gasteiger partial charge in [-0.15, -0.1) is 0 Å². The zero-order valence-electron chi connectivity index (χ0n) is 14.8. The van der Waals surface area contributed by atoms with Gasteiger partial charge in [-0.3, -0.25) is 4.79 Å². The lowest BCUT2D eigenvalue weighted by Crippen LogP contribution is -2.40. The number of sulfonamides is 1. The average molecular weight is 411 g/mol. The van der Waals surface area contributed by atoms with E-state index in [1.807, 2.05) is 0 Å². The van der Waals surface area contributed by atoms with Crippen LogP contribution >= 0.6 is 0 Å². The van der Waals surface area contributed by atoms with Gasteiger partial charge in [0.05, 0.1) is 24.7 Å². The zero-order chi connectivity index (χ0) is 20.1. The van der Waals surface area contributed by atoms with Crippen LogP contribution in [-0.2, 0) is 19.6 Å². The van der Waals surface area contributed by atoms with Crippen LogP contribution in [0.1, 0.15) is 0 Å². The Bertz CT molecular complexity index is 946. The predicted molar refractivity (Wildman–Crippen MR) is 99.5 cm³/mol. The first-order valence-electron chi connectivity index (χ1n) is 8.53. The lowest BCUT2D eigenvalue weighted by atomic mass is 10.3. The number of amides is 1. The highest BCUT2D eigenvalue weighted by Crippen LogP contribution is 2.19. The van der Waals surface area contributed by atoms with E-state index >= 15 is 0 Å². The van der Waals surface area contributed by atoms with Crippen LogP contribution in [-0.4, -0.2) is 51.5 Å². The van der Waals surface area contributed by atoms with E-state index in [-0.39, 0.29) is 17.1 Å². The topological polar surface area (TPSA) is 87.7 Å². The van der Waals surface area contributed by atoms with Crippen molar-refractivity contribution in [1.82, 2.24) is 4.31 Å². The van der Waals surface area contributed by atoms with Crippen LogP contribution < -0.4 is 10.6 Å². The molecule has 3 rings (SSSR count). The molecule has 150 valence electrons. The number of benzene rings is 2. The number of hydrogen-bond donors (Lipinski definition) is 2. The molecule has 1 heterocycles. The van der Waals surface area contributed by atoms with Gasteiger partial charge in [-0.05, 0) is 36.4 Å². The van der Waals surface area contributed by atoms with Gasteiger partial charge in [0.15, 0.2) is 11.6 Å². The Hall–Kier alpha value is -2.56. The summed E-state index contributed by atoms with van der Waals surface area (Å²) in [6, 6.07) is 9.09. The number of carbonyl (C=O) groups excluding carboxylic acids is 1. The van der Waals surface area contributed by atoms with E-state index in [9.17, 15) is 22.0 Å². The maximum atomic E-state index is 13.1. The van der Waals surface area contributed by atoms with Crippen LogP contribution in [0, 0.1) is 11.6 Å². The van der Waals surface area contributed by atoms with Crippen LogP contribution in [0.4, 0.5) is 20.2 Å². The molecule has 28 heavy (non-hydrogen) atoms. The van der Waals surface area contributed by atoms with Gasteiger partial charge in [0.1, 0.15) is 0 Å². The summed E-state index contributed by atoms with van der Waals surface area (Å²) in [6.07, 6.45) is 0. The Kier molecular flexibility index (Phi) is 6.22. The highest BCUT2D eigenvalue weighted by molar-refractivity contribution is 7.89. The number of nitrogens with zero attached hydrogens (tertiary/aromatic N) is 1. The van der Waals surface area contributed by atoms with Crippen molar-refractivity contribution in [3.8, 4) is 0 Å². The number of rotatable bonds is 6. The number of carbonyl (C=O) groups is 1. The molecule has 2 aromatic carbocycles. The van der Waals surface area contributed by atoms with Crippen molar-refractivity contribution in [2.75, 3.05) is 43.5 Å². The number of ether oxygens (including phenoxy) is 1. The summed E-state index contributed by atoms with van der Waals surface area (Å²) in [7, 11) is -3.58. The first-order chi connectivity index (χ1) is 13.4. The molecule has 2 aromatic rings. The molecule has 2 N–H and O–H groups in total. The fraction of sp³-hybridized carbons (Fsp3) is 0.278. The minimum absolute atomic E-state index is 0.130. The van der Waals surface area contributed by atoms with Crippen molar-refractivity contribution in [2.45, 2.75) is 4.90 Å². The number of halogens is 2. The van der Waals surface area contributed by atoms with Crippen molar-refractivity contribution in [3.63, 3.8) is 0 Å². The lowest BCUT2D eigenvalue weighted by Gasteiger charge is -2.26. The van der Waals surface area contributed by atoms with E-state index in [0.717, 1.165) is 12.1 Å². The SMILES string of the molecule is O=C(CNc1ccc(S(=O)(=O)N2CCOCC2)cc1)Nc1ccc(F)c(F)c1. The van der Waals surface area contributed by atoms with Crippen molar-refractivity contribution in [3.05, 3.63) is 54.1 Å². The van der Waals surface area contributed by atoms with Gasteiger partial charge in [-0.2, -0.15) is 4.31 Å². The minimum atomic E-state index is -3.58. The van der Waals surface area contributed by atoms with Crippen molar-refractivity contribution >= 4 is 27.3 Å². The summed E-state index contributed by atoms with van der Waals surface area (Å²) in [5.41, 5.74) is 0.680. The first-order valence-corrected chi connectivity index (χ1v) is 9.97. The summed E-state index contributed by atoms with van der Waals surface area (Å²) in [6.45, 7) is 1.23. The minimum Gasteiger partial charge on any atom is -0.379 e. The van der Waals surface area contributed by atoms with E-state index in [1.54, 1.807) is 12.1 Å². The quantitative estimate of drug-likeness (QED) is 0.760. The fourth-order valence-electron chi connectivity index (χ4n) is 2.64. The lowest BCUT2D eigenvalue weighted by molar-refractivity contribution is -0.114. The van der Waals surface area contributed by atoms with E-state index in [0.29, 0.717) is 32.0 Å². The van der Waals surface area contributed by atoms with E-state index < -0.39 is 27.6 Å². The molecule has 1 saturated heterocycles. The largest absolute Gasteiger partial charge is 0.379 e. The highest BCUT2D eigenvalue weighted by Gasteiger charge is 2.26. The summed E-state index contributed by atoms with van der Waals surface area (Å²) >= 11 is 0. The van der Waals surface area contributed by atoms with Gasteiger partial charge in [0.2, 0.25) is 15.9 Å². The second-order valence-electron chi connectivity index (χ2n) is 6.07. The van der Waals surface area contributed by atoms with Gasteiger partial charge < -0.3 is 15.4 Å². The Morgan fingerprint density at radius 3 is 2.29 bits per heavy atom. The van der Waals surface area contributed by atoms with Crippen LogP contribution in [0.5, 0.6) is 0 Å². The zero-order valence-corrected chi connectivity index (χ0v) is 15.6. The molecule has 0 bridgehead atoms. The molecule has 0 radical (unpaired) electrons. The highest BCUT2D eigenvalue weighted by atomic mass is 32.2. The molecule has 10 heteroatoms. The van der Waals surface area contributed by atoms with Crippen molar-refractivity contribution in [1.29, 1.82) is 0 Å². The van der Waals surface area contributed by atoms with Crippen LogP contribution in [0.25, 0.3) is 0 Å². The maximum absolute atomic E-state index is 13.1. The number of hydrogen-bond acceptors (Lipinski definition) is 5. The third kappa shape index (κ3) is 4.83. The van der Waals surface area contributed by atoms with Gasteiger partial charge in [0, 0.05) is 30.5 Å². The third-order valence-electron chi connectivity index (χ3n) is 4.12. The molecular formula is C18H19F2N3O4S. The van der Waals surface area contributed by atoms with Gasteiger partial charge in [-0.25, -0.2) is 17.2 Å². The number of anilines is 2. The van der Waals surface area contributed by atoms with E-state index in [1.165, 1.54) is 22.5 Å². The molecule has 0 unspecified atom stereocenters. The number of morpholine rings is 1. The van der Waals surface area contributed by atoms with Crippen LogP contribution in [0.2, 0.25) is 0 Å². The Morgan fingerprint density at radius 2 is 1.64 bits per heavy atom. The van der Waals surface area contributed by atoms with Crippen LogP contribution in [0.3, 0.4) is 0 Å². The van der Waals surface area contributed by atoms with Crippen molar-refractivity contribution in [2.24, 2.45) is 0 Å². The number of nitrogens with one attached hydrogen (secondary N) is 2. The van der Waals surface area contributed by atoms with Crippen LogP contribution in [0.15, 0.2) is 47.4 Å². The van der Waals surface area contributed by atoms with Gasteiger partial charge in [0.25, 0.3) is 0 Å². The summed E-state index contributed by atoms with van der Waals surface area (Å²) < 4.78 is 57.7. The molecule has 1 aliphatic heterocycles. The molecular weight excluding hydrogens is 392 g/mol. The molecule has 0 spiro atoms. The molecule has 0 saturated carbocycles. The predicted octanol–water partition coefficient (Wildman–Crippen LogP) is 2.04. The smallest absolute Gasteiger partial charge is 0.243 e. The molecule has 1 amide bonds. The standard InChI is InChI=1S/C18H19F2N3O4S/c19-16-6-3-14(11-17(16)20)22-18(24)12-21-13-1-4-15(5-2-13)28(25,26)23-7-9-27-10-8-23/h1-6,11,21H,7-10,12H2,(H,22,24). The second-order valence-corrected chi connectivity index (χ2v) is 8.01. The van der Waals surface area contributed by atoms with E-state index in [4.69, 9.17) is 4.74 Å². The Balaban J connectivity index is 1.56. The fourth-order valence-corrected chi connectivity index (χ4v) is 4.05. The maximum Gasteiger partial charge on any atom is 0.243 e. The van der Waals surface area contributed by atoms with Gasteiger partial charge in [-0.1, -0.05) is 0 Å². The summed E-state index contributed by atoms with van der Waals surface area (Å²) in [4.78, 5) is 12.1. The van der Waals surface area contributed by atoms with E-state index in [2.05, 4.69) is 10.6 Å². The molecule has 1 fully saturated rings. The van der Waals surface area contributed by atoms with Gasteiger partial charge >= 0.3 is 0 Å². The summed E-state index contributed by atoms with van der Waals surface area (Å²) in [5.74, 6) is -2.51. The monoisotopic (exact) mass is 411 g/mol. The molecule has 0 atom stereocenters. The average Bonchev–Trinajstić information content (AvgIpc) is 2.70. The molecule has 0 aliphatic carbocycles. The Morgan fingerprint density at radius 1 is 1.00 bits per heavy atom.